The first-order chi connectivity index (χ1) is 12.7. The minimum absolute atomic E-state index is 0.0896. The molecular weight excluding hydrogens is 378 g/mol. The van der Waals surface area contributed by atoms with Crippen molar-refractivity contribution < 1.29 is 9.63 Å². The monoisotopic (exact) mass is 401 g/mol. The molecule has 7 heteroatoms. The molecule has 2 bridgehead atoms. The predicted octanol–water partition coefficient (Wildman–Crippen LogP) is 5.35. The first kappa shape index (κ1) is 19.8. The number of nitriles is 1. The third kappa shape index (κ3) is 4.33. The van der Waals surface area contributed by atoms with Crippen LogP contribution in [0.1, 0.15) is 39.2 Å². The predicted molar refractivity (Wildman–Crippen MR) is 110 cm³/mol. The number of fused-ring (bicyclic) bond motifs is 2. The highest BCUT2D eigenvalue weighted by atomic mass is 32.2. The maximum Gasteiger partial charge on any atom is 0.446 e. The molecule has 1 fully saturated rings. The zero-order chi connectivity index (χ0) is 19.7. The number of carbonyl (C=O) groups is 1. The Morgan fingerprint density at radius 3 is 2.67 bits per heavy atom. The Bertz CT molecular complexity index is 821. The number of oxime groups is 1. The van der Waals surface area contributed by atoms with Gasteiger partial charge in [0.1, 0.15) is 10.5 Å². The van der Waals surface area contributed by atoms with Crippen molar-refractivity contribution in [1.29, 1.82) is 5.26 Å². The number of benzene rings is 1. The molecule has 1 aromatic rings. The van der Waals surface area contributed by atoms with Gasteiger partial charge in [0, 0.05) is 17.2 Å². The number of allylic oxidation sites excluding steroid dienone is 1. The van der Waals surface area contributed by atoms with Crippen LogP contribution in [0.2, 0.25) is 0 Å². The van der Waals surface area contributed by atoms with Crippen LogP contribution < -0.4 is 0 Å². The van der Waals surface area contributed by atoms with Gasteiger partial charge in [-0.15, -0.1) is 0 Å². The summed E-state index contributed by atoms with van der Waals surface area (Å²) in [5, 5.41) is 14.4. The summed E-state index contributed by atoms with van der Waals surface area (Å²) in [5.41, 5.74) is 0.586. The summed E-state index contributed by atoms with van der Waals surface area (Å²) in [6.07, 6.45) is 5.04. The topological polar surface area (TPSA) is 65.7 Å². The van der Waals surface area contributed by atoms with Crippen LogP contribution in [0, 0.1) is 16.7 Å². The summed E-state index contributed by atoms with van der Waals surface area (Å²) in [5.74, 6) is 0. The van der Waals surface area contributed by atoms with E-state index in [0.29, 0.717) is 10.3 Å². The van der Waals surface area contributed by atoms with Crippen molar-refractivity contribution in [3.05, 3.63) is 42.0 Å². The Hall–Kier alpha value is -1.91. The second-order valence-corrected chi connectivity index (χ2v) is 10.2. The first-order valence-corrected chi connectivity index (χ1v) is 10.5. The third-order valence-electron chi connectivity index (χ3n) is 4.69. The molecule has 2 heterocycles. The average Bonchev–Trinajstić information content (AvgIpc) is 2.66. The molecule has 0 spiro atoms. The lowest BCUT2D eigenvalue weighted by Crippen LogP contribution is -2.36. The fraction of sp³-hybridized carbons (Fsp3) is 0.450. The van der Waals surface area contributed by atoms with E-state index in [1.165, 1.54) is 33.6 Å². The lowest BCUT2D eigenvalue weighted by atomic mass is 9.80. The smallest absolute Gasteiger partial charge is 0.296 e. The van der Waals surface area contributed by atoms with Crippen LogP contribution in [0.5, 0.6) is 0 Å². The van der Waals surface area contributed by atoms with Crippen LogP contribution in [0.4, 0.5) is 4.79 Å². The summed E-state index contributed by atoms with van der Waals surface area (Å²) in [7, 11) is 1.64. The van der Waals surface area contributed by atoms with Crippen molar-refractivity contribution in [3.8, 4) is 6.07 Å². The van der Waals surface area contributed by atoms with Crippen LogP contribution in [0.15, 0.2) is 46.5 Å². The fourth-order valence-corrected chi connectivity index (χ4v) is 4.81. The van der Waals surface area contributed by atoms with Gasteiger partial charge in [-0.25, -0.2) is 9.10 Å². The maximum atomic E-state index is 12.3. The lowest BCUT2D eigenvalue weighted by molar-refractivity contribution is 0.136. The number of hydrogen-bond donors (Lipinski definition) is 0. The van der Waals surface area contributed by atoms with Crippen molar-refractivity contribution in [3.63, 3.8) is 0 Å². The number of carbonyl (C=O) groups excluding carboxylic acids is 1. The quantitative estimate of drug-likeness (QED) is 0.296. The number of thioether (sulfide) groups is 1. The Kier molecular flexibility index (Phi) is 5.59. The summed E-state index contributed by atoms with van der Waals surface area (Å²) in [4.78, 5) is 18.3. The Morgan fingerprint density at radius 2 is 2.11 bits per heavy atom. The number of nitrogens with zero attached hydrogens (tertiary/aromatic N) is 3. The van der Waals surface area contributed by atoms with Gasteiger partial charge in [0.2, 0.25) is 0 Å². The molecule has 27 heavy (non-hydrogen) atoms. The molecule has 2 atom stereocenters. The van der Waals surface area contributed by atoms with E-state index in [2.05, 4.69) is 44.1 Å². The second kappa shape index (κ2) is 7.61. The van der Waals surface area contributed by atoms with Gasteiger partial charge in [-0.05, 0) is 47.9 Å². The van der Waals surface area contributed by atoms with Gasteiger partial charge in [-0.2, -0.15) is 5.26 Å². The first-order valence-electron chi connectivity index (χ1n) is 8.82. The van der Waals surface area contributed by atoms with Crippen LogP contribution in [0.3, 0.4) is 0 Å². The Balaban J connectivity index is 1.62. The number of rotatable bonds is 3. The normalized spacial score (nSPS) is 25.3. The van der Waals surface area contributed by atoms with Crippen LogP contribution in [-0.4, -0.2) is 27.7 Å². The van der Waals surface area contributed by atoms with Crippen molar-refractivity contribution >= 4 is 34.8 Å². The highest BCUT2D eigenvalue weighted by Gasteiger charge is 2.44. The zero-order valence-corrected chi connectivity index (χ0v) is 17.6. The van der Waals surface area contributed by atoms with Gasteiger partial charge in [-0.3, -0.25) is 4.84 Å². The molecule has 3 aliphatic rings. The SMILES string of the molecule is CN(Sc1ccc(C(C)(C)C)cc1)C(=O)ON=C1SC2C=CC1(C#N)CC2. The average molecular weight is 402 g/mol. The number of hydrogen-bond acceptors (Lipinski definition) is 6. The zero-order valence-electron chi connectivity index (χ0n) is 15.9. The summed E-state index contributed by atoms with van der Waals surface area (Å²) >= 11 is 2.79. The largest absolute Gasteiger partial charge is 0.446 e. The molecule has 1 aromatic carbocycles. The molecule has 2 unspecified atom stereocenters. The van der Waals surface area contributed by atoms with Gasteiger partial charge in [0.15, 0.2) is 0 Å². The molecule has 4 rings (SSSR count). The van der Waals surface area contributed by atoms with Crippen LogP contribution in [-0.2, 0) is 10.3 Å². The van der Waals surface area contributed by atoms with Gasteiger partial charge in [-0.1, -0.05) is 62.0 Å². The van der Waals surface area contributed by atoms with Gasteiger partial charge < -0.3 is 0 Å². The van der Waals surface area contributed by atoms with Gasteiger partial charge in [0.25, 0.3) is 0 Å². The Morgan fingerprint density at radius 1 is 1.41 bits per heavy atom. The molecule has 0 aromatic heterocycles. The number of amides is 1. The van der Waals surface area contributed by atoms with Gasteiger partial charge in [0.05, 0.1) is 6.07 Å². The molecule has 0 N–H and O–H groups in total. The minimum atomic E-state index is -0.742. The highest BCUT2D eigenvalue weighted by Crippen LogP contribution is 2.46. The molecular formula is C20H23N3O2S2. The molecule has 1 amide bonds. The molecule has 1 saturated heterocycles. The summed E-state index contributed by atoms with van der Waals surface area (Å²) in [6, 6.07) is 10.4. The van der Waals surface area contributed by atoms with E-state index in [1.54, 1.807) is 7.05 Å². The van der Waals surface area contributed by atoms with E-state index in [4.69, 9.17) is 4.84 Å². The van der Waals surface area contributed by atoms with Crippen LogP contribution in [0.25, 0.3) is 0 Å². The van der Waals surface area contributed by atoms with Crippen molar-refractivity contribution in [2.75, 3.05) is 7.05 Å². The van der Waals surface area contributed by atoms with E-state index in [-0.39, 0.29) is 5.41 Å². The molecule has 142 valence electrons. The second-order valence-electron chi connectivity index (χ2n) is 7.75. The molecule has 0 radical (unpaired) electrons. The molecule has 2 aliphatic heterocycles. The highest BCUT2D eigenvalue weighted by molar-refractivity contribution is 8.14. The molecule has 5 nitrogen and oxygen atoms in total. The van der Waals surface area contributed by atoms with Crippen molar-refractivity contribution in [1.82, 2.24) is 4.31 Å². The summed E-state index contributed by atoms with van der Waals surface area (Å²) in [6.45, 7) is 6.49. The van der Waals surface area contributed by atoms with Crippen LogP contribution >= 0.6 is 23.7 Å². The lowest BCUT2D eigenvalue weighted by Gasteiger charge is -2.36. The maximum absolute atomic E-state index is 12.3. The molecule has 0 saturated carbocycles. The van der Waals surface area contributed by atoms with Crippen molar-refractivity contribution in [2.24, 2.45) is 10.6 Å². The van der Waals surface area contributed by atoms with E-state index in [1.807, 2.05) is 24.3 Å². The summed E-state index contributed by atoms with van der Waals surface area (Å²) < 4.78 is 1.40. The standard InChI is InChI=1S/C20H23N3O2S2/c1-19(2,3)14-5-7-16(8-6-14)27-23(4)18(24)25-22-17-20(13-21)11-9-15(26-17)10-12-20/h5-9,11,15H,10,12H2,1-4H3. The van der Waals surface area contributed by atoms with E-state index in [9.17, 15) is 10.1 Å². The van der Waals surface area contributed by atoms with Crippen molar-refractivity contribution in [2.45, 2.75) is 49.2 Å². The molecule has 1 aliphatic carbocycles. The van der Waals surface area contributed by atoms with E-state index in [0.717, 1.165) is 17.7 Å². The fourth-order valence-electron chi connectivity index (χ4n) is 2.94. The Labute approximate surface area is 168 Å². The third-order valence-corrected chi connectivity index (χ3v) is 6.95. The minimum Gasteiger partial charge on any atom is -0.296 e. The van der Waals surface area contributed by atoms with E-state index < -0.39 is 11.5 Å². The van der Waals surface area contributed by atoms with E-state index >= 15 is 0 Å². The van der Waals surface area contributed by atoms with Gasteiger partial charge >= 0.3 is 6.09 Å².